The van der Waals surface area contributed by atoms with Crippen molar-refractivity contribution in [3.8, 4) is 5.88 Å². The van der Waals surface area contributed by atoms with Gasteiger partial charge in [-0.25, -0.2) is 9.18 Å². The molecular weight excluding hydrogens is 349 g/mol. The molecule has 4 atom stereocenters. The Balaban J connectivity index is 1.74. The molecule has 25 heavy (non-hydrogen) atoms. The maximum absolute atomic E-state index is 15.1. The number of amides is 1. The van der Waals surface area contributed by atoms with Gasteiger partial charge in [-0.2, -0.15) is 0 Å². The summed E-state index contributed by atoms with van der Waals surface area (Å²) >= 11 is 5.71. The molecule has 3 rings (SSSR count). The van der Waals surface area contributed by atoms with Gasteiger partial charge in [-0.3, -0.25) is 4.90 Å². The summed E-state index contributed by atoms with van der Waals surface area (Å²) in [5.41, 5.74) is -0.608. The summed E-state index contributed by atoms with van der Waals surface area (Å²) in [5, 5.41) is 7.79. The maximum atomic E-state index is 15.1. The van der Waals surface area contributed by atoms with Gasteiger partial charge in [0.1, 0.15) is 11.7 Å². The number of ether oxygens (including phenoxy) is 2. The van der Waals surface area contributed by atoms with E-state index in [0.717, 1.165) is 12.8 Å². The van der Waals surface area contributed by atoms with E-state index in [1.807, 2.05) is 20.8 Å². The second-order valence-corrected chi connectivity index (χ2v) is 7.96. The fourth-order valence-corrected chi connectivity index (χ4v) is 3.64. The lowest BCUT2D eigenvalue weighted by Crippen LogP contribution is -2.63. The van der Waals surface area contributed by atoms with Gasteiger partial charge in [0, 0.05) is 18.5 Å². The Kier molecular flexibility index (Phi) is 5.04. The van der Waals surface area contributed by atoms with Crippen LogP contribution in [0.1, 0.15) is 46.5 Å². The van der Waals surface area contributed by atoms with Crippen molar-refractivity contribution in [2.45, 2.75) is 76.4 Å². The quantitative estimate of drug-likeness (QED) is 0.791. The third kappa shape index (κ3) is 4.14. The minimum absolute atomic E-state index is 0.0918. The van der Waals surface area contributed by atoms with Crippen LogP contribution >= 0.6 is 11.6 Å². The van der Waals surface area contributed by atoms with Crippen LogP contribution in [0.25, 0.3) is 0 Å². The van der Waals surface area contributed by atoms with Crippen molar-refractivity contribution in [1.29, 1.82) is 0 Å². The van der Waals surface area contributed by atoms with Gasteiger partial charge in [-0.1, -0.05) is 11.6 Å². The van der Waals surface area contributed by atoms with Crippen LogP contribution in [0.15, 0.2) is 12.1 Å². The Hall–Kier alpha value is -1.63. The monoisotopic (exact) mass is 371 g/mol. The van der Waals surface area contributed by atoms with Crippen LogP contribution < -0.4 is 4.74 Å². The molecule has 1 aromatic heterocycles. The summed E-state index contributed by atoms with van der Waals surface area (Å²) < 4.78 is 26.3. The van der Waals surface area contributed by atoms with Gasteiger partial charge in [0.15, 0.2) is 11.3 Å². The number of aromatic nitrogens is 2. The lowest BCUT2D eigenvalue weighted by atomic mass is 9.82. The normalized spacial score (nSPS) is 29.2. The molecule has 3 heterocycles. The fraction of sp³-hybridized carbons (Fsp3) is 0.706. The Morgan fingerprint density at radius 3 is 2.72 bits per heavy atom. The third-order valence-electron chi connectivity index (χ3n) is 4.50. The number of halogens is 2. The highest BCUT2D eigenvalue weighted by Gasteiger charge is 2.49. The zero-order chi connectivity index (χ0) is 18.2. The average Bonchev–Trinajstić information content (AvgIpc) is 2.52. The number of fused-ring (bicyclic) bond motifs is 2. The van der Waals surface area contributed by atoms with E-state index in [0.29, 0.717) is 12.8 Å². The smallest absolute Gasteiger partial charge is 0.410 e. The Labute approximate surface area is 151 Å². The Morgan fingerprint density at radius 2 is 2.08 bits per heavy atom. The van der Waals surface area contributed by atoms with Crippen LogP contribution in [0.2, 0.25) is 5.15 Å². The van der Waals surface area contributed by atoms with E-state index < -0.39 is 30.0 Å². The van der Waals surface area contributed by atoms with E-state index in [-0.39, 0.29) is 17.1 Å². The van der Waals surface area contributed by atoms with E-state index in [9.17, 15) is 4.79 Å². The number of hydrogen-bond donors (Lipinski definition) is 0. The SMILES string of the molecule is CC(C)(C)OC(=O)N1C2CCCC1C(F)C(Oc1ccc(Cl)nn1)C2. The molecule has 2 fully saturated rings. The summed E-state index contributed by atoms with van der Waals surface area (Å²) in [7, 11) is 0. The number of nitrogens with zero attached hydrogens (tertiary/aromatic N) is 3. The fourth-order valence-electron chi connectivity index (χ4n) is 3.54. The zero-order valence-electron chi connectivity index (χ0n) is 14.6. The van der Waals surface area contributed by atoms with E-state index in [2.05, 4.69) is 10.2 Å². The van der Waals surface area contributed by atoms with E-state index >= 15 is 4.39 Å². The second-order valence-electron chi connectivity index (χ2n) is 7.57. The Morgan fingerprint density at radius 1 is 1.32 bits per heavy atom. The standard InChI is InChI=1S/C17H23ClFN3O3/c1-17(2,3)25-16(23)22-10-5-4-6-11(22)15(19)12(9-10)24-14-8-7-13(18)20-21-14/h7-8,10-12,15H,4-6,9H2,1-3H3. The second kappa shape index (κ2) is 6.94. The summed E-state index contributed by atoms with van der Waals surface area (Å²) in [4.78, 5) is 14.1. The molecule has 138 valence electrons. The molecule has 1 aromatic rings. The highest BCUT2D eigenvalue weighted by molar-refractivity contribution is 6.29. The molecule has 0 saturated carbocycles. The van der Waals surface area contributed by atoms with Crippen molar-refractivity contribution >= 4 is 17.7 Å². The van der Waals surface area contributed by atoms with Crippen LogP contribution in [0.5, 0.6) is 5.88 Å². The zero-order valence-corrected chi connectivity index (χ0v) is 15.4. The Bertz CT molecular complexity index is 623. The molecule has 2 saturated heterocycles. The topological polar surface area (TPSA) is 64.5 Å². The van der Waals surface area contributed by atoms with Gasteiger partial charge in [0.2, 0.25) is 5.88 Å². The van der Waals surface area contributed by atoms with Crippen molar-refractivity contribution in [1.82, 2.24) is 15.1 Å². The first-order chi connectivity index (χ1) is 11.7. The van der Waals surface area contributed by atoms with Crippen LogP contribution in [-0.2, 0) is 4.74 Å². The third-order valence-corrected chi connectivity index (χ3v) is 4.70. The highest BCUT2D eigenvalue weighted by Crippen LogP contribution is 2.38. The number of alkyl halides is 1. The van der Waals surface area contributed by atoms with Gasteiger partial charge >= 0.3 is 6.09 Å². The number of rotatable bonds is 2. The molecule has 8 heteroatoms. The average molecular weight is 372 g/mol. The number of carbonyl (C=O) groups is 1. The van der Waals surface area contributed by atoms with Crippen molar-refractivity contribution in [3.05, 3.63) is 17.3 Å². The highest BCUT2D eigenvalue weighted by atomic mass is 35.5. The molecule has 2 bridgehead atoms. The maximum Gasteiger partial charge on any atom is 0.410 e. The number of carbonyl (C=O) groups excluding carboxylic acids is 1. The lowest BCUT2D eigenvalue weighted by Gasteiger charge is -2.49. The van der Waals surface area contributed by atoms with Crippen molar-refractivity contribution in [2.75, 3.05) is 0 Å². The molecule has 0 spiro atoms. The number of piperidine rings is 2. The molecule has 0 radical (unpaired) electrons. The van der Waals surface area contributed by atoms with Gasteiger partial charge in [0.05, 0.1) is 6.04 Å². The molecule has 2 aliphatic heterocycles. The summed E-state index contributed by atoms with van der Waals surface area (Å²) in [5.74, 6) is 0.237. The molecule has 0 N–H and O–H groups in total. The molecule has 1 amide bonds. The molecule has 2 aliphatic rings. The molecule has 4 unspecified atom stereocenters. The van der Waals surface area contributed by atoms with Crippen LogP contribution in [-0.4, -0.2) is 51.2 Å². The van der Waals surface area contributed by atoms with E-state index in [1.54, 1.807) is 17.0 Å². The van der Waals surface area contributed by atoms with Crippen LogP contribution in [0.3, 0.4) is 0 Å². The summed E-state index contributed by atoms with van der Waals surface area (Å²) in [6.07, 6.45) is 0.294. The first-order valence-electron chi connectivity index (χ1n) is 8.56. The molecule has 0 aliphatic carbocycles. The van der Waals surface area contributed by atoms with Gasteiger partial charge in [0.25, 0.3) is 0 Å². The van der Waals surface area contributed by atoms with Crippen molar-refractivity contribution in [3.63, 3.8) is 0 Å². The van der Waals surface area contributed by atoms with Gasteiger partial charge < -0.3 is 9.47 Å². The van der Waals surface area contributed by atoms with Crippen molar-refractivity contribution in [2.24, 2.45) is 0 Å². The predicted octanol–water partition coefficient (Wildman–Crippen LogP) is 3.78. The largest absolute Gasteiger partial charge is 0.470 e. The molecule has 0 aromatic carbocycles. The minimum atomic E-state index is -1.30. The van der Waals surface area contributed by atoms with Gasteiger partial charge in [-0.05, 0) is 46.1 Å². The molecular formula is C17H23ClFN3O3. The first kappa shape index (κ1) is 18.2. The predicted molar refractivity (Wildman–Crippen MR) is 90.5 cm³/mol. The van der Waals surface area contributed by atoms with Gasteiger partial charge in [-0.15, -0.1) is 10.2 Å². The van der Waals surface area contributed by atoms with Crippen LogP contribution in [0.4, 0.5) is 9.18 Å². The van der Waals surface area contributed by atoms with E-state index in [4.69, 9.17) is 21.1 Å². The summed E-state index contributed by atoms with van der Waals surface area (Å²) in [6.45, 7) is 5.42. The first-order valence-corrected chi connectivity index (χ1v) is 8.93. The number of hydrogen-bond acceptors (Lipinski definition) is 5. The van der Waals surface area contributed by atoms with Crippen LogP contribution in [0, 0.1) is 0 Å². The van der Waals surface area contributed by atoms with E-state index in [1.165, 1.54) is 0 Å². The minimum Gasteiger partial charge on any atom is -0.470 e. The molecule has 6 nitrogen and oxygen atoms in total. The van der Waals surface area contributed by atoms with Crippen molar-refractivity contribution < 1.29 is 18.7 Å². The summed E-state index contributed by atoms with van der Waals surface area (Å²) in [6, 6.07) is 2.49. The lowest BCUT2D eigenvalue weighted by molar-refractivity contribution is -0.0802.